The first-order chi connectivity index (χ1) is 17.3. The van der Waals surface area contributed by atoms with E-state index in [9.17, 15) is 9.59 Å². The molecule has 9 nitrogen and oxygen atoms in total. The molecule has 0 spiro atoms. The minimum atomic E-state index is -0.343. The molecule has 1 aromatic carbocycles. The smallest absolute Gasteiger partial charge is 0.274 e. The molecule has 4 heterocycles. The van der Waals surface area contributed by atoms with Gasteiger partial charge in [0.25, 0.3) is 11.5 Å². The molecule has 0 aliphatic heterocycles. The van der Waals surface area contributed by atoms with Crippen molar-refractivity contribution in [3.05, 3.63) is 81.8 Å². The molecule has 0 bridgehead atoms. The first-order valence-electron chi connectivity index (χ1n) is 12.1. The summed E-state index contributed by atoms with van der Waals surface area (Å²) in [5.74, 6) is -0.431. The number of fused-ring (bicyclic) bond motifs is 2. The van der Waals surface area contributed by atoms with Gasteiger partial charge in [-0.1, -0.05) is 26.0 Å². The van der Waals surface area contributed by atoms with Gasteiger partial charge in [0, 0.05) is 35.5 Å². The van der Waals surface area contributed by atoms with E-state index in [2.05, 4.69) is 25.5 Å². The molecule has 1 amide bonds. The van der Waals surface area contributed by atoms with E-state index in [1.807, 2.05) is 75.8 Å². The Kier molecular flexibility index (Phi) is 5.91. The lowest BCUT2D eigenvalue weighted by atomic mass is 10.0. The first-order valence-corrected chi connectivity index (χ1v) is 12.1. The summed E-state index contributed by atoms with van der Waals surface area (Å²) in [5, 5.41) is 13.0. The van der Waals surface area contributed by atoms with E-state index in [-0.39, 0.29) is 29.1 Å². The maximum atomic E-state index is 13.3. The Morgan fingerprint density at radius 3 is 2.69 bits per heavy atom. The van der Waals surface area contributed by atoms with Gasteiger partial charge in [0.2, 0.25) is 0 Å². The third kappa shape index (κ3) is 4.06. The lowest BCUT2D eigenvalue weighted by Crippen LogP contribution is -2.28. The van der Waals surface area contributed by atoms with Crippen LogP contribution in [0.25, 0.3) is 27.7 Å². The van der Waals surface area contributed by atoms with Crippen LogP contribution in [-0.4, -0.2) is 35.3 Å². The molecule has 9 heteroatoms. The number of hydrogen-bond acceptors (Lipinski definition) is 5. The summed E-state index contributed by atoms with van der Waals surface area (Å²) in [6, 6.07) is 9.54. The number of nitrogens with zero attached hydrogens (tertiary/aromatic N) is 5. The molecular formula is C27H29N7O2. The van der Waals surface area contributed by atoms with Gasteiger partial charge in [-0.15, -0.1) is 0 Å². The second kappa shape index (κ2) is 9.07. The highest BCUT2D eigenvalue weighted by atomic mass is 16.2. The van der Waals surface area contributed by atoms with Crippen molar-refractivity contribution in [1.29, 1.82) is 0 Å². The summed E-state index contributed by atoms with van der Waals surface area (Å²) in [4.78, 5) is 34.1. The summed E-state index contributed by atoms with van der Waals surface area (Å²) in [5.41, 5.74) is 5.01. The number of pyridine rings is 1. The first kappa shape index (κ1) is 23.5. The van der Waals surface area contributed by atoms with Crippen LogP contribution in [0.1, 0.15) is 67.0 Å². The van der Waals surface area contributed by atoms with E-state index in [0.29, 0.717) is 16.8 Å². The zero-order valence-corrected chi connectivity index (χ0v) is 21.0. The number of aryl methyl sites for hydroxylation is 2. The number of benzene rings is 1. The summed E-state index contributed by atoms with van der Waals surface area (Å²) >= 11 is 0. The minimum absolute atomic E-state index is 0.0882. The third-order valence-electron chi connectivity index (χ3n) is 6.49. The van der Waals surface area contributed by atoms with Gasteiger partial charge in [-0.25, -0.2) is 4.52 Å². The van der Waals surface area contributed by atoms with Crippen LogP contribution in [0.2, 0.25) is 0 Å². The van der Waals surface area contributed by atoms with Gasteiger partial charge < -0.3 is 10.3 Å². The maximum Gasteiger partial charge on any atom is 0.274 e. The van der Waals surface area contributed by atoms with Crippen molar-refractivity contribution in [1.82, 2.24) is 34.7 Å². The molecule has 36 heavy (non-hydrogen) atoms. The molecule has 5 aromatic rings. The molecule has 184 valence electrons. The average molecular weight is 484 g/mol. The number of carbonyl (C=O) groups is 1. The molecule has 0 radical (unpaired) electrons. The molecule has 0 aliphatic carbocycles. The van der Waals surface area contributed by atoms with E-state index in [4.69, 9.17) is 0 Å². The van der Waals surface area contributed by atoms with E-state index in [1.54, 1.807) is 12.4 Å². The summed E-state index contributed by atoms with van der Waals surface area (Å²) in [7, 11) is 0. The molecular weight excluding hydrogens is 454 g/mol. The second-order valence-electron chi connectivity index (χ2n) is 9.36. The van der Waals surface area contributed by atoms with Crippen molar-refractivity contribution >= 4 is 22.3 Å². The fourth-order valence-electron chi connectivity index (χ4n) is 4.53. The normalized spacial score (nSPS) is 12.5. The van der Waals surface area contributed by atoms with E-state index < -0.39 is 0 Å². The highest BCUT2D eigenvalue weighted by molar-refractivity contribution is 5.96. The van der Waals surface area contributed by atoms with Crippen molar-refractivity contribution in [2.24, 2.45) is 0 Å². The predicted molar refractivity (Wildman–Crippen MR) is 139 cm³/mol. The molecule has 1 unspecified atom stereocenters. The number of rotatable bonds is 6. The van der Waals surface area contributed by atoms with Crippen LogP contribution in [0.15, 0.2) is 53.7 Å². The summed E-state index contributed by atoms with van der Waals surface area (Å²) in [6.07, 6.45) is 5.36. The maximum absolute atomic E-state index is 13.3. The molecule has 0 saturated carbocycles. The number of aromatic nitrogens is 6. The number of carbonyl (C=O) groups excluding carboxylic acids is 1. The zero-order chi connectivity index (χ0) is 25.6. The van der Waals surface area contributed by atoms with Crippen LogP contribution in [-0.2, 0) is 6.54 Å². The van der Waals surface area contributed by atoms with Gasteiger partial charge in [0.1, 0.15) is 5.52 Å². The largest absolute Gasteiger partial charge is 0.342 e. The van der Waals surface area contributed by atoms with E-state index in [0.717, 1.165) is 34.3 Å². The van der Waals surface area contributed by atoms with Crippen molar-refractivity contribution in [2.45, 2.75) is 53.1 Å². The Hall–Kier alpha value is -4.27. The van der Waals surface area contributed by atoms with Crippen molar-refractivity contribution in [3.63, 3.8) is 0 Å². The number of hydrogen-bond donors (Lipinski definition) is 2. The lowest BCUT2D eigenvalue weighted by molar-refractivity contribution is 0.0932. The van der Waals surface area contributed by atoms with Crippen LogP contribution in [0.3, 0.4) is 0 Å². The van der Waals surface area contributed by atoms with Crippen LogP contribution in [0.4, 0.5) is 0 Å². The Balaban J connectivity index is 1.56. The second-order valence-corrected chi connectivity index (χ2v) is 9.36. The lowest BCUT2D eigenvalue weighted by Gasteiger charge is -2.12. The van der Waals surface area contributed by atoms with Crippen molar-refractivity contribution in [2.75, 3.05) is 0 Å². The van der Waals surface area contributed by atoms with Gasteiger partial charge in [-0.3, -0.25) is 19.3 Å². The zero-order valence-electron chi connectivity index (χ0n) is 21.0. The third-order valence-corrected chi connectivity index (χ3v) is 6.49. The predicted octanol–water partition coefficient (Wildman–Crippen LogP) is 4.38. The topological polar surface area (TPSA) is 110 Å². The Bertz CT molecular complexity index is 1660. The van der Waals surface area contributed by atoms with Crippen LogP contribution >= 0.6 is 0 Å². The monoisotopic (exact) mass is 483 g/mol. The standard InChI is InChI=1S/C27H29N7O2/c1-6-33-11-10-20(31-33)17(5)29-26(35)24-23(15(2)3)25-27(36)30-22(14-34(25)32-24)18-12-19-16(4)8-7-9-21(19)28-13-18/h7-15,17H,6H2,1-5H3,(H,29,35)(H,30,36). The molecule has 2 N–H and O–H groups in total. The van der Waals surface area contributed by atoms with Crippen molar-refractivity contribution < 1.29 is 4.79 Å². The fraction of sp³-hybridized carbons (Fsp3) is 0.296. The Morgan fingerprint density at radius 2 is 1.97 bits per heavy atom. The number of amides is 1. The van der Waals surface area contributed by atoms with Gasteiger partial charge in [-0.05, 0) is 50.5 Å². The molecule has 0 fully saturated rings. The SMILES string of the molecule is CCn1ccc(C(C)NC(=O)c2nn3cc(-c4cnc5cccc(C)c5c4)[nH]c(=O)c3c2C(C)C)n1. The molecule has 1 atom stereocenters. The van der Waals surface area contributed by atoms with Gasteiger partial charge >= 0.3 is 0 Å². The van der Waals surface area contributed by atoms with E-state index in [1.165, 1.54) is 4.52 Å². The number of nitrogens with one attached hydrogen (secondary N) is 2. The molecule has 4 aromatic heterocycles. The quantitative estimate of drug-likeness (QED) is 0.373. The summed E-state index contributed by atoms with van der Waals surface area (Å²) in [6.45, 7) is 10.6. The van der Waals surface area contributed by atoms with E-state index >= 15 is 0 Å². The van der Waals surface area contributed by atoms with Crippen LogP contribution in [0.5, 0.6) is 0 Å². The van der Waals surface area contributed by atoms with Gasteiger partial charge in [0.15, 0.2) is 5.69 Å². The number of H-pyrrole nitrogens is 1. The van der Waals surface area contributed by atoms with Crippen molar-refractivity contribution in [3.8, 4) is 11.3 Å². The molecule has 0 saturated heterocycles. The highest BCUT2D eigenvalue weighted by Gasteiger charge is 2.25. The Morgan fingerprint density at radius 1 is 1.17 bits per heavy atom. The summed E-state index contributed by atoms with van der Waals surface area (Å²) < 4.78 is 3.32. The van der Waals surface area contributed by atoms with Crippen LogP contribution in [0, 0.1) is 6.92 Å². The molecule has 5 rings (SSSR count). The highest BCUT2D eigenvalue weighted by Crippen LogP contribution is 2.26. The van der Waals surface area contributed by atoms with Gasteiger partial charge in [0.05, 0.1) is 29.1 Å². The minimum Gasteiger partial charge on any atom is -0.342 e. The Labute approximate surface area is 208 Å². The number of aromatic amines is 1. The van der Waals surface area contributed by atoms with Crippen LogP contribution < -0.4 is 10.9 Å². The van der Waals surface area contributed by atoms with Gasteiger partial charge in [-0.2, -0.15) is 10.2 Å². The fourth-order valence-corrected chi connectivity index (χ4v) is 4.53. The molecule has 0 aliphatic rings. The average Bonchev–Trinajstić information content (AvgIpc) is 3.49.